The van der Waals surface area contributed by atoms with Crippen LogP contribution in [0.4, 0.5) is 5.82 Å². The number of aromatic nitrogens is 1. The van der Waals surface area contributed by atoms with E-state index in [0.717, 1.165) is 44.9 Å². The minimum Gasteiger partial charge on any atom is -0.356 e. The molecule has 2 heterocycles. The molecule has 0 saturated carbocycles. The molecule has 0 amide bonds. The maximum absolute atomic E-state index is 4.91. The molecule has 3 nitrogen and oxygen atoms in total. The SMILES string of the molecule is CCCNCc1cc(CCC)nc(N2CCCC(C)C2)c1. The quantitative estimate of drug-likeness (QED) is 0.775. The number of anilines is 1. The molecule has 0 aliphatic carbocycles. The lowest BCUT2D eigenvalue weighted by Crippen LogP contribution is -2.35. The molecule has 0 radical (unpaired) electrons. The summed E-state index contributed by atoms with van der Waals surface area (Å²) in [6.45, 7) is 11.2. The summed E-state index contributed by atoms with van der Waals surface area (Å²) in [5, 5.41) is 3.51. The zero-order valence-electron chi connectivity index (χ0n) is 14.0. The average Bonchev–Trinajstić information content (AvgIpc) is 2.48. The Labute approximate surface area is 130 Å². The van der Waals surface area contributed by atoms with E-state index < -0.39 is 0 Å². The third-order valence-electron chi connectivity index (χ3n) is 4.17. The molecule has 1 atom stereocenters. The molecular formula is C18H31N3. The third-order valence-corrected chi connectivity index (χ3v) is 4.17. The first-order chi connectivity index (χ1) is 10.2. The highest BCUT2D eigenvalue weighted by molar-refractivity contribution is 5.43. The van der Waals surface area contributed by atoms with Gasteiger partial charge in [-0.25, -0.2) is 4.98 Å². The first kappa shape index (κ1) is 16.3. The highest BCUT2D eigenvalue weighted by Gasteiger charge is 2.18. The Morgan fingerprint density at radius 1 is 1.29 bits per heavy atom. The lowest BCUT2D eigenvalue weighted by molar-refractivity contribution is 0.444. The zero-order chi connectivity index (χ0) is 15.1. The fourth-order valence-corrected chi connectivity index (χ4v) is 3.09. The van der Waals surface area contributed by atoms with Gasteiger partial charge in [-0.15, -0.1) is 0 Å². The summed E-state index contributed by atoms with van der Waals surface area (Å²) < 4.78 is 0. The number of nitrogens with zero attached hydrogens (tertiary/aromatic N) is 2. The van der Waals surface area contributed by atoms with Crippen LogP contribution in [0.15, 0.2) is 12.1 Å². The number of rotatable bonds is 7. The van der Waals surface area contributed by atoms with E-state index >= 15 is 0 Å². The lowest BCUT2D eigenvalue weighted by Gasteiger charge is -2.32. The summed E-state index contributed by atoms with van der Waals surface area (Å²) in [5.74, 6) is 1.98. The van der Waals surface area contributed by atoms with Crippen molar-refractivity contribution in [1.29, 1.82) is 0 Å². The molecule has 21 heavy (non-hydrogen) atoms. The van der Waals surface area contributed by atoms with Crippen LogP contribution in [0.3, 0.4) is 0 Å². The van der Waals surface area contributed by atoms with E-state index in [2.05, 4.69) is 43.1 Å². The first-order valence-corrected chi connectivity index (χ1v) is 8.68. The third kappa shape index (κ3) is 4.99. The Balaban J connectivity index is 2.13. The number of piperidine rings is 1. The van der Waals surface area contributed by atoms with Crippen molar-refractivity contribution in [3.63, 3.8) is 0 Å². The molecule has 118 valence electrons. The van der Waals surface area contributed by atoms with E-state index in [1.54, 1.807) is 0 Å². The van der Waals surface area contributed by atoms with Gasteiger partial charge < -0.3 is 10.2 Å². The van der Waals surface area contributed by atoms with Crippen LogP contribution in [0.1, 0.15) is 57.7 Å². The molecule has 1 aromatic rings. The van der Waals surface area contributed by atoms with Crippen LogP contribution in [-0.4, -0.2) is 24.6 Å². The van der Waals surface area contributed by atoms with Crippen molar-refractivity contribution in [1.82, 2.24) is 10.3 Å². The van der Waals surface area contributed by atoms with Gasteiger partial charge in [-0.1, -0.05) is 27.2 Å². The first-order valence-electron chi connectivity index (χ1n) is 8.68. The van der Waals surface area contributed by atoms with E-state index in [9.17, 15) is 0 Å². The van der Waals surface area contributed by atoms with Gasteiger partial charge in [-0.2, -0.15) is 0 Å². The van der Waals surface area contributed by atoms with E-state index in [1.165, 1.54) is 36.3 Å². The molecule has 1 aliphatic rings. The van der Waals surface area contributed by atoms with Gasteiger partial charge >= 0.3 is 0 Å². The molecule has 0 spiro atoms. The number of aryl methyl sites for hydroxylation is 1. The monoisotopic (exact) mass is 289 g/mol. The minimum atomic E-state index is 0.789. The second-order valence-electron chi connectivity index (χ2n) is 6.45. The topological polar surface area (TPSA) is 28.2 Å². The predicted octanol–water partition coefficient (Wildman–Crippen LogP) is 3.77. The van der Waals surface area contributed by atoms with Crippen LogP contribution >= 0.6 is 0 Å². The van der Waals surface area contributed by atoms with Crippen LogP contribution in [0.5, 0.6) is 0 Å². The molecule has 1 N–H and O–H groups in total. The Morgan fingerprint density at radius 3 is 2.86 bits per heavy atom. The van der Waals surface area contributed by atoms with Crippen molar-refractivity contribution in [2.45, 2.75) is 59.4 Å². The molecule has 1 fully saturated rings. The van der Waals surface area contributed by atoms with Crippen molar-refractivity contribution in [2.24, 2.45) is 5.92 Å². The number of pyridine rings is 1. The largest absolute Gasteiger partial charge is 0.356 e. The van der Waals surface area contributed by atoms with Gasteiger partial charge in [0.25, 0.3) is 0 Å². The molecular weight excluding hydrogens is 258 g/mol. The van der Waals surface area contributed by atoms with E-state index in [-0.39, 0.29) is 0 Å². The number of hydrogen-bond acceptors (Lipinski definition) is 3. The summed E-state index contributed by atoms with van der Waals surface area (Å²) in [5.41, 5.74) is 2.64. The van der Waals surface area contributed by atoms with Crippen LogP contribution in [0, 0.1) is 5.92 Å². The smallest absolute Gasteiger partial charge is 0.129 e. The highest BCUT2D eigenvalue weighted by Crippen LogP contribution is 2.23. The molecule has 1 aliphatic heterocycles. The fourth-order valence-electron chi connectivity index (χ4n) is 3.09. The number of hydrogen-bond donors (Lipinski definition) is 1. The van der Waals surface area contributed by atoms with Crippen molar-refractivity contribution in [2.75, 3.05) is 24.5 Å². The van der Waals surface area contributed by atoms with E-state index in [4.69, 9.17) is 4.98 Å². The molecule has 1 aromatic heterocycles. The second-order valence-corrected chi connectivity index (χ2v) is 6.45. The zero-order valence-corrected chi connectivity index (χ0v) is 14.0. The fraction of sp³-hybridized carbons (Fsp3) is 0.722. The van der Waals surface area contributed by atoms with Gasteiger partial charge in [0.15, 0.2) is 0 Å². The summed E-state index contributed by atoms with van der Waals surface area (Å²) in [6.07, 6.45) is 6.08. The predicted molar refractivity (Wildman–Crippen MR) is 90.8 cm³/mol. The van der Waals surface area contributed by atoms with Gasteiger partial charge in [0.2, 0.25) is 0 Å². The van der Waals surface area contributed by atoms with Gasteiger partial charge in [-0.3, -0.25) is 0 Å². The number of nitrogens with one attached hydrogen (secondary N) is 1. The van der Waals surface area contributed by atoms with Crippen LogP contribution in [0.2, 0.25) is 0 Å². The van der Waals surface area contributed by atoms with Crippen molar-refractivity contribution in [3.8, 4) is 0 Å². The van der Waals surface area contributed by atoms with Crippen LogP contribution < -0.4 is 10.2 Å². The van der Waals surface area contributed by atoms with Gasteiger partial charge in [0.05, 0.1) is 0 Å². The Hall–Kier alpha value is -1.09. The molecule has 0 aromatic carbocycles. The summed E-state index contributed by atoms with van der Waals surface area (Å²) in [4.78, 5) is 7.39. The lowest BCUT2D eigenvalue weighted by atomic mass is 10.00. The molecule has 1 saturated heterocycles. The molecule has 3 heteroatoms. The summed E-state index contributed by atoms with van der Waals surface area (Å²) >= 11 is 0. The Kier molecular flexibility index (Phi) is 6.50. The van der Waals surface area contributed by atoms with Crippen molar-refractivity contribution < 1.29 is 0 Å². The van der Waals surface area contributed by atoms with E-state index in [1.807, 2.05) is 0 Å². The normalized spacial score (nSPS) is 19.0. The van der Waals surface area contributed by atoms with Crippen molar-refractivity contribution in [3.05, 3.63) is 23.4 Å². The molecule has 0 bridgehead atoms. The summed E-state index contributed by atoms with van der Waals surface area (Å²) in [7, 11) is 0. The summed E-state index contributed by atoms with van der Waals surface area (Å²) in [6, 6.07) is 4.57. The van der Waals surface area contributed by atoms with Gasteiger partial charge in [0.1, 0.15) is 5.82 Å². The average molecular weight is 289 g/mol. The van der Waals surface area contributed by atoms with E-state index in [0.29, 0.717) is 0 Å². The van der Waals surface area contributed by atoms with Crippen molar-refractivity contribution >= 4 is 5.82 Å². The van der Waals surface area contributed by atoms with Gasteiger partial charge in [0, 0.05) is 25.3 Å². The minimum absolute atomic E-state index is 0.789. The Morgan fingerprint density at radius 2 is 2.14 bits per heavy atom. The Bertz CT molecular complexity index is 430. The van der Waals surface area contributed by atoms with Crippen LogP contribution in [0.25, 0.3) is 0 Å². The molecule has 1 unspecified atom stereocenters. The second kappa shape index (κ2) is 8.38. The maximum Gasteiger partial charge on any atom is 0.129 e. The van der Waals surface area contributed by atoms with Crippen LogP contribution in [-0.2, 0) is 13.0 Å². The van der Waals surface area contributed by atoms with Gasteiger partial charge in [-0.05, 0) is 55.8 Å². The molecule has 2 rings (SSSR count). The highest BCUT2D eigenvalue weighted by atomic mass is 15.2. The maximum atomic E-state index is 4.91. The standard InChI is InChI=1S/C18H31N3/c1-4-7-17-11-16(13-19-9-5-2)12-18(20-17)21-10-6-8-15(3)14-21/h11-12,15,19H,4-10,13-14H2,1-3H3.